The van der Waals surface area contributed by atoms with Crippen LogP contribution in [-0.4, -0.2) is 59.6 Å². The fourth-order valence-corrected chi connectivity index (χ4v) is 2.69. The number of piperazine rings is 1. The van der Waals surface area contributed by atoms with Crippen LogP contribution in [0, 0.1) is 5.82 Å². The lowest BCUT2D eigenvalue weighted by atomic mass is 10.2. The van der Waals surface area contributed by atoms with Crippen molar-refractivity contribution in [1.29, 1.82) is 0 Å². The molecule has 23 heavy (non-hydrogen) atoms. The molecule has 6 nitrogen and oxygen atoms in total. The highest BCUT2D eigenvalue weighted by molar-refractivity contribution is 5.98. The molecule has 1 aromatic heterocycles. The maximum absolute atomic E-state index is 13.2. The van der Waals surface area contributed by atoms with Crippen LogP contribution in [-0.2, 0) is 4.74 Å². The summed E-state index contributed by atoms with van der Waals surface area (Å²) in [7, 11) is 0. The van der Waals surface area contributed by atoms with E-state index in [1.165, 1.54) is 12.1 Å². The molecule has 1 aromatic carbocycles. The largest absolute Gasteiger partial charge is 0.450 e. The summed E-state index contributed by atoms with van der Waals surface area (Å²) in [5.41, 5.74) is 1.02. The average molecular weight is 319 g/mol. The van der Waals surface area contributed by atoms with Gasteiger partial charge in [-0.3, -0.25) is 4.79 Å². The number of carbonyl (C=O) groups excluding carboxylic acids is 2. The average Bonchev–Trinajstić information content (AvgIpc) is 2.97. The summed E-state index contributed by atoms with van der Waals surface area (Å²) < 4.78 is 18.2. The number of H-pyrrole nitrogens is 1. The smallest absolute Gasteiger partial charge is 0.409 e. The number of aromatic amines is 1. The standard InChI is InChI=1S/C16H18FN3O3/c1-2-23-16(22)20-7-5-19(6-8-20)15(21)14-9-11-3-4-12(17)10-13(11)18-14/h3-4,9-10,18H,2,5-8H2,1H3. The summed E-state index contributed by atoms with van der Waals surface area (Å²) in [4.78, 5) is 30.4. The minimum absolute atomic E-state index is 0.148. The first-order valence-electron chi connectivity index (χ1n) is 7.57. The Morgan fingerprint density at radius 3 is 2.57 bits per heavy atom. The van der Waals surface area contributed by atoms with E-state index in [1.54, 1.807) is 28.9 Å². The predicted molar refractivity (Wildman–Crippen MR) is 82.8 cm³/mol. The van der Waals surface area contributed by atoms with E-state index in [0.717, 1.165) is 5.39 Å². The molecule has 2 amide bonds. The number of nitrogens with zero attached hydrogens (tertiary/aromatic N) is 2. The van der Waals surface area contributed by atoms with Gasteiger partial charge in [-0.25, -0.2) is 9.18 Å². The van der Waals surface area contributed by atoms with Crippen LogP contribution < -0.4 is 0 Å². The van der Waals surface area contributed by atoms with Gasteiger partial charge in [0, 0.05) is 37.1 Å². The van der Waals surface area contributed by atoms with Crippen LogP contribution in [0.25, 0.3) is 10.9 Å². The number of nitrogens with one attached hydrogen (secondary N) is 1. The molecular weight excluding hydrogens is 301 g/mol. The van der Waals surface area contributed by atoms with Gasteiger partial charge < -0.3 is 19.5 Å². The first kappa shape index (κ1) is 15.3. The zero-order valence-electron chi connectivity index (χ0n) is 12.8. The topological polar surface area (TPSA) is 65.6 Å². The highest BCUT2D eigenvalue weighted by Crippen LogP contribution is 2.18. The minimum Gasteiger partial charge on any atom is -0.450 e. The van der Waals surface area contributed by atoms with Crippen molar-refractivity contribution in [2.75, 3.05) is 32.8 Å². The van der Waals surface area contributed by atoms with Gasteiger partial charge in [0.2, 0.25) is 0 Å². The minimum atomic E-state index is -0.347. The molecule has 1 fully saturated rings. The number of aromatic nitrogens is 1. The monoisotopic (exact) mass is 319 g/mol. The van der Waals surface area contributed by atoms with Gasteiger partial charge in [-0.2, -0.15) is 0 Å². The predicted octanol–water partition coefficient (Wildman–Crippen LogP) is 2.22. The summed E-state index contributed by atoms with van der Waals surface area (Å²) in [5.74, 6) is -0.494. The van der Waals surface area contributed by atoms with Crippen molar-refractivity contribution in [2.24, 2.45) is 0 Å². The first-order chi connectivity index (χ1) is 11.1. The Balaban J connectivity index is 1.67. The number of halogens is 1. The molecule has 2 aromatic rings. The Labute approximate surface area is 132 Å². The van der Waals surface area contributed by atoms with Gasteiger partial charge >= 0.3 is 6.09 Å². The van der Waals surface area contributed by atoms with Crippen LogP contribution in [0.4, 0.5) is 9.18 Å². The van der Waals surface area contributed by atoms with E-state index in [9.17, 15) is 14.0 Å². The molecule has 1 aliphatic rings. The normalized spacial score (nSPS) is 15.0. The van der Waals surface area contributed by atoms with Crippen molar-refractivity contribution in [1.82, 2.24) is 14.8 Å². The molecule has 0 unspecified atom stereocenters. The van der Waals surface area contributed by atoms with Crippen LogP contribution in [0.5, 0.6) is 0 Å². The number of ether oxygens (including phenoxy) is 1. The van der Waals surface area contributed by atoms with Gasteiger partial charge in [-0.05, 0) is 31.2 Å². The third kappa shape index (κ3) is 3.13. The molecule has 1 N–H and O–H groups in total. The van der Waals surface area contributed by atoms with Crippen LogP contribution in [0.1, 0.15) is 17.4 Å². The van der Waals surface area contributed by atoms with Crippen molar-refractivity contribution in [3.05, 3.63) is 35.8 Å². The summed E-state index contributed by atoms with van der Waals surface area (Å²) in [6.07, 6.45) is -0.347. The highest BCUT2D eigenvalue weighted by atomic mass is 19.1. The zero-order chi connectivity index (χ0) is 16.4. The van der Waals surface area contributed by atoms with Crippen molar-refractivity contribution < 1.29 is 18.7 Å². The maximum atomic E-state index is 13.2. The Bertz CT molecular complexity index is 735. The second-order valence-corrected chi connectivity index (χ2v) is 5.39. The molecule has 0 radical (unpaired) electrons. The van der Waals surface area contributed by atoms with Gasteiger partial charge in [0.05, 0.1) is 6.61 Å². The SMILES string of the molecule is CCOC(=O)N1CCN(C(=O)c2cc3ccc(F)cc3[nH]2)CC1. The molecule has 0 spiro atoms. The van der Waals surface area contributed by atoms with Crippen molar-refractivity contribution in [3.63, 3.8) is 0 Å². The second-order valence-electron chi connectivity index (χ2n) is 5.39. The molecule has 0 atom stereocenters. The Kier molecular flexibility index (Phi) is 4.18. The molecule has 1 saturated heterocycles. The van der Waals surface area contributed by atoms with Crippen LogP contribution in [0.3, 0.4) is 0 Å². The molecule has 3 rings (SSSR count). The van der Waals surface area contributed by atoms with Gasteiger partial charge in [-0.1, -0.05) is 0 Å². The first-order valence-corrected chi connectivity index (χ1v) is 7.57. The summed E-state index contributed by atoms with van der Waals surface area (Å²) in [5, 5.41) is 0.792. The Morgan fingerprint density at radius 2 is 1.87 bits per heavy atom. The third-order valence-electron chi connectivity index (χ3n) is 3.91. The number of benzene rings is 1. The molecular formula is C16H18FN3O3. The number of rotatable bonds is 2. The van der Waals surface area contributed by atoms with E-state index < -0.39 is 0 Å². The van der Waals surface area contributed by atoms with Gasteiger partial charge in [-0.15, -0.1) is 0 Å². The van der Waals surface area contributed by atoms with Crippen LogP contribution in [0.2, 0.25) is 0 Å². The lowest BCUT2D eigenvalue weighted by Crippen LogP contribution is -2.50. The van der Waals surface area contributed by atoms with Crippen LogP contribution in [0.15, 0.2) is 24.3 Å². The van der Waals surface area contributed by atoms with Crippen molar-refractivity contribution in [3.8, 4) is 0 Å². The lowest BCUT2D eigenvalue weighted by molar-refractivity contribution is 0.0566. The van der Waals surface area contributed by atoms with E-state index in [4.69, 9.17) is 4.74 Å². The lowest BCUT2D eigenvalue weighted by Gasteiger charge is -2.33. The van der Waals surface area contributed by atoms with Crippen molar-refractivity contribution >= 4 is 22.9 Å². The van der Waals surface area contributed by atoms with E-state index in [0.29, 0.717) is 44.0 Å². The molecule has 1 aliphatic heterocycles. The van der Waals surface area contributed by atoms with Gasteiger partial charge in [0.1, 0.15) is 11.5 Å². The van der Waals surface area contributed by atoms with Gasteiger partial charge in [0.15, 0.2) is 0 Å². The van der Waals surface area contributed by atoms with E-state index in [2.05, 4.69) is 4.98 Å². The summed E-state index contributed by atoms with van der Waals surface area (Å²) in [6.45, 7) is 3.88. The van der Waals surface area contributed by atoms with Gasteiger partial charge in [0.25, 0.3) is 5.91 Å². The summed E-state index contributed by atoms with van der Waals surface area (Å²) >= 11 is 0. The number of hydrogen-bond acceptors (Lipinski definition) is 3. The number of hydrogen-bond donors (Lipinski definition) is 1. The maximum Gasteiger partial charge on any atom is 0.409 e. The number of carbonyl (C=O) groups is 2. The quantitative estimate of drug-likeness (QED) is 0.923. The summed E-state index contributed by atoms with van der Waals surface area (Å²) in [6, 6.07) is 6.08. The molecule has 0 aliphatic carbocycles. The van der Waals surface area contributed by atoms with Crippen LogP contribution >= 0.6 is 0 Å². The molecule has 2 heterocycles. The van der Waals surface area contributed by atoms with E-state index in [-0.39, 0.29) is 17.8 Å². The molecule has 7 heteroatoms. The Morgan fingerprint density at radius 1 is 1.17 bits per heavy atom. The fraction of sp³-hybridized carbons (Fsp3) is 0.375. The molecule has 122 valence electrons. The van der Waals surface area contributed by atoms with E-state index in [1.807, 2.05) is 0 Å². The number of fused-ring (bicyclic) bond motifs is 1. The fourth-order valence-electron chi connectivity index (χ4n) is 2.69. The zero-order valence-corrected chi connectivity index (χ0v) is 12.8. The second kappa shape index (κ2) is 6.28. The van der Waals surface area contributed by atoms with Crippen molar-refractivity contribution in [2.45, 2.75) is 6.92 Å². The van der Waals surface area contributed by atoms with E-state index >= 15 is 0 Å². The molecule has 0 bridgehead atoms. The molecule has 0 saturated carbocycles. The Hall–Kier alpha value is -2.57. The highest BCUT2D eigenvalue weighted by Gasteiger charge is 2.26. The third-order valence-corrected chi connectivity index (χ3v) is 3.91. The number of amides is 2.